The van der Waals surface area contributed by atoms with E-state index in [0.717, 1.165) is 39.8 Å². The van der Waals surface area contributed by atoms with Gasteiger partial charge in [-0.05, 0) is 59.8 Å². The smallest absolute Gasteiger partial charge is 0.148 e. The minimum Gasteiger partial charge on any atom is -0.458 e. The second kappa shape index (κ2) is 5.58. The largest absolute Gasteiger partial charge is 0.458 e. The molecule has 0 saturated heterocycles. The predicted molar refractivity (Wildman–Crippen MR) is 85.6 cm³/mol. The van der Waals surface area contributed by atoms with Crippen LogP contribution in [-0.2, 0) is 6.54 Å². The molecule has 1 aliphatic carbocycles. The number of hydrogen-bond donors (Lipinski definition) is 1. The topological polar surface area (TPSA) is 25.2 Å². The second-order valence-electron chi connectivity index (χ2n) is 5.15. The third kappa shape index (κ3) is 2.76. The highest BCUT2D eigenvalue weighted by atomic mass is 79.9. The predicted octanol–water partition coefficient (Wildman–Crippen LogP) is 5.33. The standard InChI is InChI=1S/C15H17Br2NO/c1-2-5-18-8-13-14(9-3-4-9)11-6-10(16)7-12(17)15(11)19-13/h6-7,9,18H,2-5,8H2,1H3. The summed E-state index contributed by atoms with van der Waals surface area (Å²) in [6.45, 7) is 4.05. The van der Waals surface area contributed by atoms with E-state index in [1.807, 2.05) is 6.07 Å². The lowest BCUT2D eigenvalue weighted by atomic mass is 10.1. The summed E-state index contributed by atoms with van der Waals surface area (Å²) in [6.07, 6.45) is 3.73. The molecular weight excluding hydrogens is 370 g/mol. The van der Waals surface area contributed by atoms with Gasteiger partial charge < -0.3 is 9.73 Å². The minimum absolute atomic E-state index is 0.695. The van der Waals surface area contributed by atoms with E-state index >= 15 is 0 Å². The zero-order valence-corrected chi connectivity index (χ0v) is 14.1. The maximum absolute atomic E-state index is 6.10. The van der Waals surface area contributed by atoms with E-state index in [1.54, 1.807) is 0 Å². The van der Waals surface area contributed by atoms with Gasteiger partial charge in [-0.3, -0.25) is 0 Å². The van der Waals surface area contributed by atoms with Crippen molar-refractivity contribution in [2.75, 3.05) is 6.54 Å². The zero-order chi connectivity index (χ0) is 13.4. The van der Waals surface area contributed by atoms with E-state index < -0.39 is 0 Å². The molecular formula is C15H17Br2NO. The van der Waals surface area contributed by atoms with Crippen molar-refractivity contribution < 1.29 is 4.42 Å². The molecule has 0 spiro atoms. The molecule has 3 rings (SSSR count). The Hall–Kier alpha value is -0.320. The van der Waals surface area contributed by atoms with Crippen LogP contribution in [0.3, 0.4) is 0 Å². The molecule has 4 heteroatoms. The van der Waals surface area contributed by atoms with E-state index in [0.29, 0.717) is 5.92 Å². The van der Waals surface area contributed by atoms with E-state index in [4.69, 9.17) is 4.42 Å². The molecule has 1 aromatic heterocycles. The van der Waals surface area contributed by atoms with Gasteiger partial charge in [0.25, 0.3) is 0 Å². The number of benzene rings is 1. The first-order valence-electron chi connectivity index (χ1n) is 6.81. The van der Waals surface area contributed by atoms with Crippen molar-refractivity contribution in [3.8, 4) is 0 Å². The molecule has 1 N–H and O–H groups in total. The van der Waals surface area contributed by atoms with Crippen LogP contribution in [0.2, 0.25) is 0 Å². The first-order valence-corrected chi connectivity index (χ1v) is 8.40. The van der Waals surface area contributed by atoms with Gasteiger partial charge in [0.2, 0.25) is 0 Å². The van der Waals surface area contributed by atoms with Gasteiger partial charge in [-0.15, -0.1) is 0 Å². The van der Waals surface area contributed by atoms with Crippen LogP contribution in [0.4, 0.5) is 0 Å². The first-order chi connectivity index (χ1) is 9.20. The van der Waals surface area contributed by atoms with Crippen molar-refractivity contribution in [3.63, 3.8) is 0 Å². The van der Waals surface area contributed by atoms with E-state index in [1.165, 1.54) is 23.8 Å². The average molecular weight is 387 g/mol. The minimum atomic E-state index is 0.695. The van der Waals surface area contributed by atoms with Crippen molar-refractivity contribution >= 4 is 42.8 Å². The fourth-order valence-electron chi connectivity index (χ4n) is 2.52. The highest BCUT2D eigenvalue weighted by molar-refractivity contribution is 9.11. The Morgan fingerprint density at radius 1 is 1.32 bits per heavy atom. The molecule has 0 radical (unpaired) electrons. The van der Waals surface area contributed by atoms with Gasteiger partial charge in [-0.25, -0.2) is 0 Å². The molecule has 2 aromatic rings. The van der Waals surface area contributed by atoms with Crippen molar-refractivity contribution in [3.05, 3.63) is 32.4 Å². The summed E-state index contributed by atoms with van der Waals surface area (Å²) < 4.78 is 8.23. The van der Waals surface area contributed by atoms with Crippen LogP contribution < -0.4 is 5.32 Å². The molecule has 19 heavy (non-hydrogen) atoms. The Labute approximate surface area is 130 Å². The molecule has 1 heterocycles. The lowest BCUT2D eigenvalue weighted by Gasteiger charge is -2.03. The molecule has 2 nitrogen and oxygen atoms in total. The van der Waals surface area contributed by atoms with Crippen molar-refractivity contribution in [2.45, 2.75) is 38.6 Å². The number of furan rings is 1. The van der Waals surface area contributed by atoms with Crippen LogP contribution in [0.1, 0.15) is 43.4 Å². The Bertz CT molecular complexity index is 602. The van der Waals surface area contributed by atoms with E-state index in [9.17, 15) is 0 Å². The molecule has 0 bridgehead atoms. The number of rotatable bonds is 5. The fraction of sp³-hybridized carbons (Fsp3) is 0.467. The van der Waals surface area contributed by atoms with Gasteiger partial charge >= 0.3 is 0 Å². The Kier molecular flexibility index (Phi) is 4.01. The molecule has 1 aliphatic rings. The summed E-state index contributed by atoms with van der Waals surface area (Å²) >= 11 is 7.18. The number of nitrogens with one attached hydrogen (secondary N) is 1. The molecule has 1 saturated carbocycles. The van der Waals surface area contributed by atoms with Crippen molar-refractivity contribution in [1.82, 2.24) is 5.32 Å². The summed E-state index contributed by atoms with van der Waals surface area (Å²) in [5.41, 5.74) is 2.40. The second-order valence-corrected chi connectivity index (χ2v) is 6.92. The lowest BCUT2D eigenvalue weighted by molar-refractivity contribution is 0.506. The monoisotopic (exact) mass is 385 g/mol. The van der Waals surface area contributed by atoms with Crippen LogP contribution in [0.15, 0.2) is 25.5 Å². The van der Waals surface area contributed by atoms with Crippen molar-refractivity contribution in [1.29, 1.82) is 0 Å². The van der Waals surface area contributed by atoms with Crippen LogP contribution in [-0.4, -0.2) is 6.54 Å². The SMILES string of the molecule is CCCNCc1oc2c(Br)cc(Br)cc2c1C1CC1. The maximum Gasteiger partial charge on any atom is 0.148 e. The number of halogens is 2. The quantitative estimate of drug-likeness (QED) is 0.702. The van der Waals surface area contributed by atoms with Crippen LogP contribution in [0, 0.1) is 0 Å². The Morgan fingerprint density at radius 3 is 2.79 bits per heavy atom. The van der Waals surface area contributed by atoms with Crippen LogP contribution in [0.5, 0.6) is 0 Å². The summed E-state index contributed by atoms with van der Waals surface area (Å²) in [5, 5.41) is 4.71. The molecule has 0 aliphatic heterocycles. The van der Waals surface area contributed by atoms with Crippen LogP contribution >= 0.6 is 31.9 Å². The van der Waals surface area contributed by atoms with Gasteiger partial charge in [0.05, 0.1) is 11.0 Å². The first kappa shape index (κ1) is 13.7. The number of hydrogen-bond acceptors (Lipinski definition) is 2. The summed E-state index contributed by atoms with van der Waals surface area (Å²) in [5.74, 6) is 1.81. The fourth-order valence-corrected chi connectivity index (χ4v) is 3.83. The molecule has 1 aromatic carbocycles. The third-order valence-corrected chi connectivity index (χ3v) is 4.57. The van der Waals surface area contributed by atoms with E-state index in [2.05, 4.69) is 50.2 Å². The van der Waals surface area contributed by atoms with Gasteiger partial charge in [-0.2, -0.15) is 0 Å². The maximum atomic E-state index is 6.10. The van der Waals surface area contributed by atoms with Gasteiger partial charge in [0.15, 0.2) is 0 Å². The summed E-state index contributed by atoms with van der Waals surface area (Å²) in [7, 11) is 0. The molecule has 1 fully saturated rings. The zero-order valence-electron chi connectivity index (χ0n) is 10.9. The average Bonchev–Trinajstić information content (AvgIpc) is 3.12. The van der Waals surface area contributed by atoms with Crippen molar-refractivity contribution in [2.24, 2.45) is 0 Å². The molecule has 0 unspecified atom stereocenters. The number of fused-ring (bicyclic) bond motifs is 1. The normalized spacial score (nSPS) is 15.3. The highest BCUT2D eigenvalue weighted by Crippen LogP contribution is 2.47. The molecule has 102 valence electrons. The van der Waals surface area contributed by atoms with E-state index in [-0.39, 0.29) is 0 Å². The van der Waals surface area contributed by atoms with Gasteiger partial charge in [0, 0.05) is 15.4 Å². The molecule has 0 atom stereocenters. The third-order valence-electron chi connectivity index (χ3n) is 3.52. The van der Waals surface area contributed by atoms with Gasteiger partial charge in [0.1, 0.15) is 11.3 Å². The summed E-state index contributed by atoms with van der Waals surface area (Å²) in [4.78, 5) is 0. The molecule has 0 amide bonds. The van der Waals surface area contributed by atoms with Gasteiger partial charge in [-0.1, -0.05) is 22.9 Å². The van der Waals surface area contributed by atoms with Crippen LogP contribution in [0.25, 0.3) is 11.0 Å². The Balaban J connectivity index is 2.05. The highest BCUT2D eigenvalue weighted by Gasteiger charge is 2.31. The Morgan fingerprint density at radius 2 is 2.11 bits per heavy atom. The summed E-state index contributed by atoms with van der Waals surface area (Å²) in [6, 6.07) is 4.23. The lowest BCUT2D eigenvalue weighted by Crippen LogP contribution is -2.14.